The highest BCUT2D eigenvalue weighted by molar-refractivity contribution is 6.34. The van der Waals surface area contributed by atoms with Gasteiger partial charge in [0.2, 0.25) is 0 Å². The third kappa shape index (κ3) is 4.15. The Bertz CT molecular complexity index is 730. The third-order valence-electron chi connectivity index (χ3n) is 2.92. The van der Waals surface area contributed by atoms with Gasteiger partial charge in [-0.2, -0.15) is 0 Å². The molecule has 0 bridgehead atoms. The molecule has 0 aliphatic rings. The smallest absolute Gasteiger partial charge is 0.365 e. The largest absolute Gasteiger partial charge is 0.493 e. The number of carbonyl (C=O) groups is 1. The van der Waals surface area contributed by atoms with Crippen LogP contribution in [0.3, 0.4) is 0 Å². The Balaban J connectivity index is 2.11. The van der Waals surface area contributed by atoms with Gasteiger partial charge in [-0.25, -0.2) is 4.79 Å². The highest BCUT2D eigenvalue weighted by Crippen LogP contribution is 2.36. The second-order valence-corrected chi connectivity index (χ2v) is 5.14. The number of rotatable bonds is 5. The number of hydrogen-bond acceptors (Lipinski definition) is 5. The van der Waals surface area contributed by atoms with Crippen molar-refractivity contribution in [2.24, 2.45) is 5.16 Å². The Hall–Kier alpha value is -2.24. The van der Waals surface area contributed by atoms with E-state index in [2.05, 4.69) is 5.16 Å². The van der Waals surface area contributed by atoms with E-state index in [9.17, 15) is 4.79 Å². The van der Waals surface area contributed by atoms with E-state index < -0.39 is 5.97 Å². The van der Waals surface area contributed by atoms with Crippen LogP contribution in [0.2, 0.25) is 10.0 Å². The minimum atomic E-state index is -0.602. The topological polar surface area (TPSA) is 57.1 Å². The monoisotopic (exact) mass is 353 g/mol. The number of ether oxygens (including phenoxy) is 2. The van der Waals surface area contributed by atoms with Crippen molar-refractivity contribution in [3.63, 3.8) is 0 Å². The van der Waals surface area contributed by atoms with Crippen molar-refractivity contribution < 1.29 is 19.1 Å². The molecule has 0 aliphatic heterocycles. The van der Waals surface area contributed by atoms with E-state index in [0.717, 1.165) is 0 Å². The fourth-order valence-electron chi connectivity index (χ4n) is 1.77. The lowest BCUT2D eigenvalue weighted by atomic mass is 10.2. The fourth-order valence-corrected chi connectivity index (χ4v) is 2.18. The number of oxime groups is 1. The van der Waals surface area contributed by atoms with Crippen LogP contribution >= 0.6 is 23.2 Å². The molecule has 0 unspecified atom stereocenters. The summed E-state index contributed by atoms with van der Waals surface area (Å²) in [6.07, 6.45) is 1.32. The average Bonchev–Trinajstić information content (AvgIpc) is 2.56. The van der Waals surface area contributed by atoms with E-state index in [-0.39, 0.29) is 0 Å². The maximum Gasteiger partial charge on any atom is 0.365 e. The van der Waals surface area contributed by atoms with Gasteiger partial charge in [-0.3, -0.25) is 0 Å². The van der Waals surface area contributed by atoms with Crippen LogP contribution in [-0.4, -0.2) is 26.4 Å². The van der Waals surface area contributed by atoms with Crippen molar-refractivity contribution in [2.75, 3.05) is 14.2 Å². The lowest BCUT2D eigenvalue weighted by molar-refractivity contribution is 0.0519. The molecule has 0 saturated carbocycles. The van der Waals surface area contributed by atoms with E-state index in [1.54, 1.807) is 36.4 Å². The van der Waals surface area contributed by atoms with E-state index in [1.165, 1.54) is 20.4 Å². The van der Waals surface area contributed by atoms with Gasteiger partial charge >= 0.3 is 5.97 Å². The second kappa shape index (κ2) is 7.85. The maximum atomic E-state index is 11.8. The Morgan fingerprint density at radius 3 is 2.35 bits per heavy atom. The maximum absolute atomic E-state index is 11.8. The Kier molecular flexibility index (Phi) is 5.84. The van der Waals surface area contributed by atoms with Crippen LogP contribution in [0, 0.1) is 0 Å². The van der Waals surface area contributed by atoms with Gasteiger partial charge in [0, 0.05) is 10.6 Å². The van der Waals surface area contributed by atoms with Gasteiger partial charge in [0.15, 0.2) is 11.5 Å². The summed E-state index contributed by atoms with van der Waals surface area (Å²) in [5, 5.41) is 4.48. The number of nitrogens with zero attached hydrogens (tertiary/aromatic N) is 1. The summed E-state index contributed by atoms with van der Waals surface area (Å²) < 4.78 is 10.3. The first kappa shape index (κ1) is 17.1. The first-order valence-electron chi connectivity index (χ1n) is 6.47. The van der Waals surface area contributed by atoms with Crippen LogP contribution in [-0.2, 0) is 4.84 Å². The number of halogens is 2. The zero-order chi connectivity index (χ0) is 16.8. The zero-order valence-corrected chi connectivity index (χ0v) is 13.9. The van der Waals surface area contributed by atoms with E-state index in [1.807, 2.05) is 0 Å². The van der Waals surface area contributed by atoms with Gasteiger partial charge in [-0.15, -0.1) is 0 Å². The predicted octanol–water partition coefficient (Wildman–Crippen LogP) is 4.20. The Morgan fingerprint density at radius 1 is 1.04 bits per heavy atom. The molecule has 0 radical (unpaired) electrons. The molecule has 0 aliphatic carbocycles. The Labute approximate surface area is 143 Å². The van der Waals surface area contributed by atoms with Crippen LogP contribution in [0.15, 0.2) is 41.6 Å². The average molecular weight is 354 g/mol. The third-order valence-corrected chi connectivity index (χ3v) is 3.56. The normalized spacial score (nSPS) is 10.6. The summed E-state index contributed by atoms with van der Waals surface area (Å²) >= 11 is 11.9. The number of benzene rings is 2. The molecular formula is C16H13Cl2NO4. The fraction of sp³-hybridized carbons (Fsp3) is 0.125. The van der Waals surface area contributed by atoms with Crippen LogP contribution in [0.25, 0.3) is 0 Å². The predicted molar refractivity (Wildman–Crippen MR) is 89.0 cm³/mol. The second-order valence-electron chi connectivity index (χ2n) is 4.32. The van der Waals surface area contributed by atoms with Crippen molar-refractivity contribution in [1.82, 2.24) is 0 Å². The quantitative estimate of drug-likeness (QED) is 0.459. The SMILES string of the molecule is COc1ccc(/C=N\OC(=O)c2ccc(Cl)cc2)c(Cl)c1OC. The van der Waals surface area contributed by atoms with E-state index in [4.69, 9.17) is 37.5 Å². The zero-order valence-electron chi connectivity index (χ0n) is 12.4. The summed E-state index contributed by atoms with van der Waals surface area (Å²) in [6.45, 7) is 0. The molecule has 5 nitrogen and oxygen atoms in total. The molecule has 0 fully saturated rings. The Morgan fingerprint density at radius 2 is 1.74 bits per heavy atom. The number of hydrogen-bond donors (Lipinski definition) is 0. The van der Waals surface area contributed by atoms with Crippen molar-refractivity contribution in [3.05, 3.63) is 57.6 Å². The first-order chi connectivity index (χ1) is 11.1. The first-order valence-corrected chi connectivity index (χ1v) is 7.23. The lowest BCUT2D eigenvalue weighted by Crippen LogP contribution is -2.01. The van der Waals surface area contributed by atoms with Gasteiger partial charge in [-0.1, -0.05) is 28.4 Å². The van der Waals surface area contributed by atoms with Crippen molar-refractivity contribution in [1.29, 1.82) is 0 Å². The van der Waals surface area contributed by atoms with Crippen LogP contribution in [0.4, 0.5) is 0 Å². The molecule has 0 N–H and O–H groups in total. The lowest BCUT2D eigenvalue weighted by Gasteiger charge is -2.10. The molecule has 0 atom stereocenters. The molecule has 0 saturated heterocycles. The van der Waals surface area contributed by atoms with E-state index in [0.29, 0.717) is 32.7 Å². The van der Waals surface area contributed by atoms with Gasteiger partial charge in [0.05, 0.1) is 31.0 Å². The standard InChI is InChI=1S/C16H13Cl2NO4/c1-21-13-8-5-11(14(18)15(13)22-2)9-19-23-16(20)10-3-6-12(17)7-4-10/h3-9H,1-2H3/b19-9-. The summed E-state index contributed by atoms with van der Waals surface area (Å²) in [7, 11) is 2.99. The highest BCUT2D eigenvalue weighted by Gasteiger charge is 2.12. The summed E-state index contributed by atoms with van der Waals surface area (Å²) in [5.41, 5.74) is 0.859. The van der Waals surface area contributed by atoms with Crippen LogP contribution in [0.1, 0.15) is 15.9 Å². The molecule has 0 amide bonds. The molecule has 120 valence electrons. The number of methoxy groups -OCH3 is 2. The van der Waals surface area contributed by atoms with Crippen LogP contribution in [0.5, 0.6) is 11.5 Å². The van der Waals surface area contributed by atoms with Gasteiger partial charge < -0.3 is 14.3 Å². The molecule has 7 heteroatoms. The van der Waals surface area contributed by atoms with E-state index >= 15 is 0 Å². The number of carbonyl (C=O) groups excluding carboxylic acids is 1. The molecule has 0 heterocycles. The molecule has 23 heavy (non-hydrogen) atoms. The molecule has 2 aromatic carbocycles. The summed E-state index contributed by atoms with van der Waals surface area (Å²) in [6, 6.07) is 9.61. The van der Waals surface area contributed by atoms with Crippen LogP contribution < -0.4 is 9.47 Å². The minimum Gasteiger partial charge on any atom is -0.493 e. The molecular weight excluding hydrogens is 341 g/mol. The van der Waals surface area contributed by atoms with Gasteiger partial charge in [-0.05, 0) is 36.4 Å². The highest BCUT2D eigenvalue weighted by atomic mass is 35.5. The van der Waals surface area contributed by atoms with Crippen molar-refractivity contribution in [3.8, 4) is 11.5 Å². The summed E-state index contributed by atoms with van der Waals surface area (Å²) in [4.78, 5) is 16.6. The van der Waals surface area contributed by atoms with Crippen molar-refractivity contribution in [2.45, 2.75) is 0 Å². The van der Waals surface area contributed by atoms with Crippen molar-refractivity contribution >= 4 is 35.4 Å². The molecule has 2 aromatic rings. The molecule has 2 rings (SSSR count). The molecule has 0 spiro atoms. The molecule has 0 aromatic heterocycles. The van der Waals surface area contributed by atoms with Gasteiger partial charge in [0.1, 0.15) is 0 Å². The van der Waals surface area contributed by atoms with Gasteiger partial charge in [0.25, 0.3) is 0 Å². The summed E-state index contributed by atoms with van der Waals surface area (Å²) in [5.74, 6) is 0.268. The minimum absolute atomic E-state index is 0.304.